The Morgan fingerprint density at radius 3 is 2.36 bits per heavy atom. The van der Waals surface area contributed by atoms with Crippen molar-refractivity contribution in [3.63, 3.8) is 0 Å². The predicted octanol–water partition coefficient (Wildman–Crippen LogP) is 2.48. The van der Waals surface area contributed by atoms with E-state index in [1.807, 2.05) is 17.0 Å². The van der Waals surface area contributed by atoms with Gasteiger partial charge in [0, 0.05) is 37.3 Å². The molecule has 122 valence electrons. The zero-order chi connectivity index (χ0) is 16.1. The average molecular weight is 303 g/mol. The molecule has 1 aliphatic heterocycles. The van der Waals surface area contributed by atoms with E-state index in [1.165, 1.54) is 5.56 Å². The van der Waals surface area contributed by atoms with Gasteiger partial charge in [-0.1, -0.05) is 19.1 Å². The summed E-state index contributed by atoms with van der Waals surface area (Å²) in [6, 6.07) is 8.86. The van der Waals surface area contributed by atoms with Crippen LogP contribution in [0.1, 0.15) is 49.5 Å². The summed E-state index contributed by atoms with van der Waals surface area (Å²) in [6.45, 7) is 10.1. The monoisotopic (exact) mass is 303 g/mol. The zero-order valence-electron chi connectivity index (χ0n) is 14.1. The van der Waals surface area contributed by atoms with E-state index < -0.39 is 0 Å². The molecule has 0 radical (unpaired) electrons. The third-order valence-corrected chi connectivity index (χ3v) is 4.55. The van der Waals surface area contributed by atoms with Crippen LogP contribution in [0, 0.1) is 0 Å². The van der Waals surface area contributed by atoms with Crippen molar-refractivity contribution in [2.45, 2.75) is 52.2 Å². The number of amides is 1. The second-order valence-corrected chi connectivity index (χ2v) is 6.48. The molecule has 1 aliphatic rings. The summed E-state index contributed by atoms with van der Waals surface area (Å²) in [5, 5.41) is 0. The van der Waals surface area contributed by atoms with E-state index in [9.17, 15) is 4.79 Å². The Morgan fingerprint density at radius 1 is 1.27 bits per heavy atom. The van der Waals surface area contributed by atoms with E-state index in [2.05, 4.69) is 37.8 Å². The van der Waals surface area contributed by atoms with Crippen LogP contribution in [0.4, 0.5) is 0 Å². The first-order valence-electron chi connectivity index (χ1n) is 8.39. The quantitative estimate of drug-likeness (QED) is 0.909. The summed E-state index contributed by atoms with van der Waals surface area (Å²) in [6.07, 6.45) is 1.81. The lowest BCUT2D eigenvalue weighted by atomic mass is 10.0. The lowest BCUT2D eigenvalue weighted by molar-refractivity contribution is 0.0714. The van der Waals surface area contributed by atoms with Gasteiger partial charge in [-0.25, -0.2) is 0 Å². The molecule has 2 N–H and O–H groups in total. The van der Waals surface area contributed by atoms with Gasteiger partial charge in [-0.05, 0) is 50.9 Å². The zero-order valence-corrected chi connectivity index (χ0v) is 14.1. The first-order valence-corrected chi connectivity index (χ1v) is 8.39. The molecule has 1 saturated heterocycles. The number of carbonyl (C=O) groups is 1. The molecule has 0 aromatic heterocycles. The SMILES string of the molecule is CCN(Cc1ccc(C(=O)N2CCC(N)CC2)cc1)C(C)C. The van der Waals surface area contributed by atoms with E-state index in [4.69, 9.17) is 5.73 Å². The maximum absolute atomic E-state index is 12.5. The first kappa shape index (κ1) is 17.0. The number of benzene rings is 1. The number of hydrogen-bond acceptors (Lipinski definition) is 3. The van der Waals surface area contributed by atoms with Crippen LogP contribution in [-0.4, -0.2) is 47.4 Å². The van der Waals surface area contributed by atoms with Gasteiger partial charge in [-0.3, -0.25) is 9.69 Å². The smallest absolute Gasteiger partial charge is 0.253 e. The van der Waals surface area contributed by atoms with Crippen LogP contribution < -0.4 is 5.73 Å². The van der Waals surface area contributed by atoms with Crippen LogP contribution in [0.2, 0.25) is 0 Å². The second kappa shape index (κ2) is 7.75. The molecule has 4 nitrogen and oxygen atoms in total. The van der Waals surface area contributed by atoms with Crippen LogP contribution in [-0.2, 0) is 6.54 Å². The minimum Gasteiger partial charge on any atom is -0.339 e. The molecular weight excluding hydrogens is 274 g/mol. The summed E-state index contributed by atoms with van der Waals surface area (Å²) >= 11 is 0. The Labute approximate surface area is 134 Å². The molecule has 1 aromatic rings. The van der Waals surface area contributed by atoms with Gasteiger partial charge in [0.05, 0.1) is 0 Å². The van der Waals surface area contributed by atoms with Crippen LogP contribution >= 0.6 is 0 Å². The number of rotatable bonds is 5. The third-order valence-electron chi connectivity index (χ3n) is 4.55. The van der Waals surface area contributed by atoms with Crippen molar-refractivity contribution in [1.82, 2.24) is 9.80 Å². The topological polar surface area (TPSA) is 49.6 Å². The van der Waals surface area contributed by atoms with Crippen LogP contribution in [0.3, 0.4) is 0 Å². The van der Waals surface area contributed by atoms with Gasteiger partial charge < -0.3 is 10.6 Å². The fourth-order valence-electron chi connectivity index (χ4n) is 2.93. The first-order chi connectivity index (χ1) is 10.5. The largest absolute Gasteiger partial charge is 0.339 e. The number of hydrogen-bond donors (Lipinski definition) is 1. The van der Waals surface area contributed by atoms with Crippen molar-refractivity contribution in [3.8, 4) is 0 Å². The van der Waals surface area contributed by atoms with Crippen LogP contribution in [0.5, 0.6) is 0 Å². The molecule has 4 heteroatoms. The van der Waals surface area contributed by atoms with Crippen LogP contribution in [0.25, 0.3) is 0 Å². The van der Waals surface area contributed by atoms with Gasteiger partial charge in [0.2, 0.25) is 0 Å². The maximum Gasteiger partial charge on any atom is 0.253 e. The van der Waals surface area contributed by atoms with Crippen molar-refractivity contribution in [3.05, 3.63) is 35.4 Å². The Balaban J connectivity index is 1.97. The summed E-state index contributed by atoms with van der Waals surface area (Å²) < 4.78 is 0. The van der Waals surface area contributed by atoms with Crippen LogP contribution in [0.15, 0.2) is 24.3 Å². The summed E-state index contributed by atoms with van der Waals surface area (Å²) in [4.78, 5) is 16.8. The molecule has 1 fully saturated rings. The molecule has 0 atom stereocenters. The normalized spacial score (nSPS) is 16.5. The number of carbonyl (C=O) groups excluding carboxylic acids is 1. The highest BCUT2D eigenvalue weighted by Gasteiger charge is 2.21. The number of nitrogens with two attached hydrogens (primary N) is 1. The molecule has 1 aromatic carbocycles. The highest BCUT2D eigenvalue weighted by atomic mass is 16.2. The summed E-state index contributed by atoms with van der Waals surface area (Å²) in [5.74, 6) is 0.134. The Hall–Kier alpha value is -1.39. The molecule has 0 aliphatic carbocycles. The molecule has 1 heterocycles. The van der Waals surface area contributed by atoms with Gasteiger partial charge in [-0.15, -0.1) is 0 Å². The number of piperidine rings is 1. The lowest BCUT2D eigenvalue weighted by Crippen LogP contribution is -2.42. The Bertz CT molecular complexity index is 476. The molecule has 22 heavy (non-hydrogen) atoms. The lowest BCUT2D eigenvalue weighted by Gasteiger charge is -2.30. The van der Waals surface area contributed by atoms with E-state index in [1.54, 1.807) is 0 Å². The van der Waals surface area contributed by atoms with Crippen molar-refractivity contribution < 1.29 is 4.79 Å². The van der Waals surface area contributed by atoms with E-state index >= 15 is 0 Å². The highest BCUT2D eigenvalue weighted by molar-refractivity contribution is 5.94. The molecule has 0 unspecified atom stereocenters. The summed E-state index contributed by atoms with van der Waals surface area (Å²) in [7, 11) is 0. The fraction of sp³-hybridized carbons (Fsp3) is 0.611. The van der Waals surface area contributed by atoms with Gasteiger partial charge in [0.25, 0.3) is 5.91 Å². The second-order valence-electron chi connectivity index (χ2n) is 6.48. The van der Waals surface area contributed by atoms with Gasteiger partial charge in [-0.2, -0.15) is 0 Å². The standard InChI is InChI=1S/C18H29N3O/c1-4-20(14(2)3)13-15-5-7-16(8-6-15)18(22)21-11-9-17(19)10-12-21/h5-8,14,17H,4,9-13,19H2,1-3H3. The minimum absolute atomic E-state index is 0.134. The van der Waals surface area contributed by atoms with Gasteiger partial charge in [0.1, 0.15) is 0 Å². The van der Waals surface area contributed by atoms with Gasteiger partial charge >= 0.3 is 0 Å². The van der Waals surface area contributed by atoms with Crippen molar-refractivity contribution >= 4 is 5.91 Å². The molecule has 0 bridgehead atoms. The molecule has 1 amide bonds. The molecule has 0 spiro atoms. The Morgan fingerprint density at radius 2 is 1.86 bits per heavy atom. The maximum atomic E-state index is 12.5. The van der Waals surface area contributed by atoms with Crippen molar-refractivity contribution in [1.29, 1.82) is 0 Å². The number of nitrogens with zero attached hydrogens (tertiary/aromatic N) is 2. The minimum atomic E-state index is 0.134. The van der Waals surface area contributed by atoms with E-state index in [0.717, 1.165) is 44.6 Å². The average Bonchev–Trinajstić information content (AvgIpc) is 2.53. The Kier molecular flexibility index (Phi) is 5.98. The highest BCUT2D eigenvalue weighted by Crippen LogP contribution is 2.15. The van der Waals surface area contributed by atoms with Crippen molar-refractivity contribution in [2.75, 3.05) is 19.6 Å². The van der Waals surface area contributed by atoms with E-state index in [-0.39, 0.29) is 11.9 Å². The number of likely N-dealkylation sites (tertiary alicyclic amines) is 1. The third kappa shape index (κ3) is 4.31. The molecule has 0 saturated carbocycles. The van der Waals surface area contributed by atoms with E-state index in [0.29, 0.717) is 6.04 Å². The fourth-order valence-corrected chi connectivity index (χ4v) is 2.93. The predicted molar refractivity (Wildman–Crippen MR) is 90.8 cm³/mol. The van der Waals surface area contributed by atoms with Crippen molar-refractivity contribution in [2.24, 2.45) is 5.73 Å². The molecule has 2 rings (SSSR count). The summed E-state index contributed by atoms with van der Waals surface area (Å²) in [5.41, 5.74) is 7.94. The van der Waals surface area contributed by atoms with Gasteiger partial charge in [0.15, 0.2) is 0 Å². The molecular formula is C18H29N3O.